The molecule has 0 saturated heterocycles. The van der Waals surface area contributed by atoms with Crippen LogP contribution < -0.4 is 4.74 Å². The second kappa shape index (κ2) is 8.05. The minimum absolute atomic E-state index is 0.693. The van der Waals surface area contributed by atoms with Crippen molar-refractivity contribution < 1.29 is 4.74 Å². The maximum atomic E-state index is 5.38. The summed E-state index contributed by atoms with van der Waals surface area (Å²) >= 11 is 5.76. The van der Waals surface area contributed by atoms with Crippen LogP contribution in [-0.2, 0) is 6.42 Å². The van der Waals surface area contributed by atoms with Crippen molar-refractivity contribution in [2.24, 2.45) is 0 Å². The van der Waals surface area contributed by atoms with Crippen LogP contribution in [0.2, 0.25) is 0 Å². The summed E-state index contributed by atoms with van der Waals surface area (Å²) in [6, 6.07) is 16.3. The first kappa shape index (κ1) is 15.9. The van der Waals surface area contributed by atoms with Crippen LogP contribution >= 0.6 is 24.0 Å². The van der Waals surface area contributed by atoms with Crippen LogP contribution in [0.15, 0.2) is 52.9 Å². The van der Waals surface area contributed by atoms with Crippen molar-refractivity contribution in [1.29, 1.82) is 0 Å². The zero-order valence-corrected chi connectivity index (χ0v) is 14.0. The summed E-state index contributed by atoms with van der Waals surface area (Å²) in [5.74, 6) is 0.895. The average molecular weight is 317 g/mol. The van der Waals surface area contributed by atoms with Crippen LogP contribution in [0.4, 0.5) is 0 Å². The Morgan fingerprint density at radius 2 is 1.86 bits per heavy atom. The van der Waals surface area contributed by atoms with Gasteiger partial charge in [0.15, 0.2) is 0 Å². The molecule has 0 radical (unpaired) electrons. The predicted octanol–water partition coefficient (Wildman–Crippen LogP) is 5.23. The van der Waals surface area contributed by atoms with Gasteiger partial charge in [-0.2, -0.15) is 0 Å². The van der Waals surface area contributed by atoms with E-state index in [0.717, 1.165) is 26.7 Å². The lowest BCUT2D eigenvalue weighted by Crippen LogP contribution is -1.89. The lowest BCUT2D eigenvalue weighted by atomic mass is 10.2. The van der Waals surface area contributed by atoms with Gasteiger partial charge in [-0.15, -0.1) is 24.0 Å². The number of rotatable bonds is 3. The van der Waals surface area contributed by atoms with Crippen molar-refractivity contribution in [1.82, 2.24) is 4.98 Å². The number of aryl methyl sites for hydroxylation is 1. The SMILES string of the molecule is CCOc1ccc2nc(S)sc2c1.CCc1ccccc1. The highest BCUT2D eigenvalue weighted by Crippen LogP contribution is 2.27. The van der Waals surface area contributed by atoms with Crippen molar-refractivity contribution in [2.75, 3.05) is 6.61 Å². The van der Waals surface area contributed by atoms with Gasteiger partial charge < -0.3 is 4.74 Å². The van der Waals surface area contributed by atoms with Gasteiger partial charge in [-0.05, 0) is 37.1 Å². The number of hydrogen-bond acceptors (Lipinski definition) is 4. The molecule has 0 N–H and O–H groups in total. The number of aromatic nitrogens is 1. The molecule has 2 nitrogen and oxygen atoms in total. The number of benzene rings is 2. The third kappa shape index (κ3) is 4.76. The molecule has 4 heteroatoms. The van der Waals surface area contributed by atoms with Crippen molar-refractivity contribution in [2.45, 2.75) is 24.6 Å². The largest absolute Gasteiger partial charge is 0.494 e. The third-order valence-corrected chi connectivity index (χ3v) is 4.11. The summed E-state index contributed by atoms with van der Waals surface area (Å²) in [7, 11) is 0. The van der Waals surface area contributed by atoms with E-state index < -0.39 is 0 Å². The second-order valence-electron chi connectivity index (χ2n) is 4.40. The van der Waals surface area contributed by atoms with Gasteiger partial charge in [-0.3, -0.25) is 0 Å². The van der Waals surface area contributed by atoms with Crippen LogP contribution in [0.1, 0.15) is 19.4 Å². The molecule has 1 aromatic heterocycles. The van der Waals surface area contributed by atoms with Gasteiger partial charge >= 0.3 is 0 Å². The zero-order chi connectivity index (χ0) is 15.1. The van der Waals surface area contributed by atoms with Gasteiger partial charge in [0, 0.05) is 0 Å². The van der Waals surface area contributed by atoms with E-state index in [1.807, 2.05) is 31.2 Å². The smallest absolute Gasteiger partial charge is 0.148 e. The number of thiazole rings is 1. The van der Waals surface area contributed by atoms with E-state index in [4.69, 9.17) is 4.74 Å². The fourth-order valence-corrected chi connectivity index (χ4v) is 3.00. The standard InChI is InChI=1S/C9H9NOS2.C8H10/c1-2-11-6-3-4-7-8(5-6)13-9(12)10-7;1-2-8-6-4-3-5-7-8/h3-5H,2H2,1H3,(H,10,12);3-7H,2H2,1H3. The Morgan fingerprint density at radius 3 is 2.48 bits per heavy atom. The van der Waals surface area contributed by atoms with E-state index >= 15 is 0 Å². The van der Waals surface area contributed by atoms with E-state index in [1.54, 1.807) is 11.3 Å². The van der Waals surface area contributed by atoms with Gasteiger partial charge in [0.05, 0.1) is 16.8 Å². The second-order valence-corrected chi connectivity index (χ2v) is 6.15. The zero-order valence-electron chi connectivity index (χ0n) is 12.2. The van der Waals surface area contributed by atoms with Crippen LogP contribution in [0.5, 0.6) is 5.75 Å². The van der Waals surface area contributed by atoms with Gasteiger partial charge in [-0.1, -0.05) is 37.3 Å². The molecule has 1 heterocycles. The van der Waals surface area contributed by atoms with Gasteiger partial charge in [-0.25, -0.2) is 4.98 Å². The molecule has 0 amide bonds. The van der Waals surface area contributed by atoms with Crippen LogP contribution in [0.3, 0.4) is 0 Å². The Morgan fingerprint density at radius 1 is 1.10 bits per heavy atom. The van der Waals surface area contributed by atoms with E-state index in [-0.39, 0.29) is 0 Å². The Hall–Kier alpha value is -1.52. The normalized spacial score (nSPS) is 10.0. The van der Waals surface area contributed by atoms with Crippen molar-refractivity contribution >= 4 is 34.2 Å². The number of hydrogen-bond donors (Lipinski definition) is 1. The molecule has 3 aromatic rings. The monoisotopic (exact) mass is 317 g/mol. The van der Waals surface area contributed by atoms with Gasteiger partial charge in [0.1, 0.15) is 10.1 Å². The molecule has 21 heavy (non-hydrogen) atoms. The first-order chi connectivity index (χ1) is 10.2. The first-order valence-corrected chi connectivity index (χ1v) is 8.25. The van der Waals surface area contributed by atoms with Crippen LogP contribution in [0, 0.1) is 0 Å². The van der Waals surface area contributed by atoms with Gasteiger partial charge in [0.2, 0.25) is 0 Å². The number of fused-ring (bicyclic) bond motifs is 1. The Balaban J connectivity index is 0.000000173. The summed E-state index contributed by atoms with van der Waals surface area (Å²) in [5.41, 5.74) is 2.39. The number of ether oxygens (including phenoxy) is 1. The molecule has 0 fully saturated rings. The molecule has 0 spiro atoms. The molecule has 0 unspecified atom stereocenters. The predicted molar refractivity (Wildman–Crippen MR) is 93.9 cm³/mol. The molecule has 0 aliphatic heterocycles. The molecule has 110 valence electrons. The van der Waals surface area contributed by atoms with Crippen molar-refractivity contribution in [3.8, 4) is 5.75 Å². The molecule has 0 bridgehead atoms. The maximum Gasteiger partial charge on any atom is 0.148 e. The highest BCUT2D eigenvalue weighted by molar-refractivity contribution is 7.82. The van der Waals surface area contributed by atoms with Crippen molar-refractivity contribution in [3.05, 3.63) is 54.1 Å². The minimum atomic E-state index is 0.693. The van der Waals surface area contributed by atoms with E-state index in [9.17, 15) is 0 Å². The molecule has 0 aliphatic carbocycles. The fraction of sp³-hybridized carbons (Fsp3) is 0.235. The van der Waals surface area contributed by atoms with E-state index in [2.05, 4.69) is 48.8 Å². The first-order valence-electron chi connectivity index (χ1n) is 6.99. The molecule has 3 rings (SSSR count). The van der Waals surface area contributed by atoms with Crippen LogP contribution in [0.25, 0.3) is 10.2 Å². The van der Waals surface area contributed by atoms with E-state index in [0.29, 0.717) is 6.61 Å². The molecule has 2 aromatic carbocycles. The molecule has 0 aliphatic rings. The number of thiol groups is 1. The minimum Gasteiger partial charge on any atom is -0.494 e. The maximum absolute atomic E-state index is 5.38. The fourth-order valence-electron chi connectivity index (χ4n) is 1.86. The molecule has 0 saturated carbocycles. The van der Waals surface area contributed by atoms with Crippen LogP contribution in [-0.4, -0.2) is 11.6 Å². The molecular formula is C17H19NOS2. The van der Waals surface area contributed by atoms with E-state index in [1.165, 1.54) is 5.56 Å². The average Bonchev–Trinajstić information content (AvgIpc) is 2.88. The Kier molecular flexibility index (Phi) is 6.08. The van der Waals surface area contributed by atoms with Crippen molar-refractivity contribution in [3.63, 3.8) is 0 Å². The third-order valence-electron chi connectivity index (χ3n) is 2.91. The highest BCUT2D eigenvalue weighted by atomic mass is 32.2. The highest BCUT2D eigenvalue weighted by Gasteiger charge is 2.01. The summed E-state index contributed by atoms with van der Waals surface area (Å²) in [4.78, 5) is 4.24. The summed E-state index contributed by atoms with van der Waals surface area (Å²) in [5, 5.41) is 0. The number of nitrogens with zero attached hydrogens (tertiary/aromatic N) is 1. The topological polar surface area (TPSA) is 22.1 Å². The molecular weight excluding hydrogens is 298 g/mol. The van der Waals surface area contributed by atoms with Gasteiger partial charge in [0.25, 0.3) is 0 Å². The Labute approximate surface area is 135 Å². The summed E-state index contributed by atoms with van der Waals surface area (Å²) in [6.45, 7) is 4.83. The lowest BCUT2D eigenvalue weighted by molar-refractivity contribution is 0.341. The summed E-state index contributed by atoms with van der Waals surface area (Å²) in [6.07, 6.45) is 1.14. The lowest BCUT2D eigenvalue weighted by Gasteiger charge is -2.00. The molecule has 0 atom stereocenters. The summed E-state index contributed by atoms with van der Waals surface area (Å²) < 4.78 is 7.29. The quantitative estimate of drug-likeness (QED) is 0.668. The Bertz CT molecular complexity index is 680.